The summed E-state index contributed by atoms with van der Waals surface area (Å²) >= 11 is 3.30. The van der Waals surface area contributed by atoms with E-state index in [0.717, 1.165) is 10.5 Å². The first-order valence-corrected chi connectivity index (χ1v) is 9.01. The Bertz CT molecular complexity index is 1040. The van der Waals surface area contributed by atoms with Gasteiger partial charge in [0, 0.05) is 17.0 Å². The number of ether oxygens (including phenoxy) is 1. The van der Waals surface area contributed by atoms with E-state index in [9.17, 15) is 19.2 Å². The van der Waals surface area contributed by atoms with Gasteiger partial charge in [0.2, 0.25) is 0 Å². The largest absolute Gasteiger partial charge is 0.426 e. The van der Waals surface area contributed by atoms with Crippen LogP contribution < -0.4 is 15.0 Å². The van der Waals surface area contributed by atoms with Crippen molar-refractivity contribution in [2.45, 2.75) is 13.8 Å². The van der Waals surface area contributed by atoms with Gasteiger partial charge in [-0.05, 0) is 48.9 Å². The zero-order chi connectivity index (χ0) is 20.4. The number of aryl methyl sites for hydroxylation is 1. The number of imide groups is 2. The molecule has 142 valence electrons. The van der Waals surface area contributed by atoms with Crippen LogP contribution in [0.4, 0.5) is 10.5 Å². The average Bonchev–Trinajstić information content (AvgIpc) is 2.60. The highest BCUT2D eigenvalue weighted by atomic mass is 79.9. The Morgan fingerprint density at radius 2 is 1.89 bits per heavy atom. The molecule has 0 aromatic heterocycles. The zero-order valence-electron chi connectivity index (χ0n) is 15.0. The number of carbonyl (C=O) groups is 4. The maximum Gasteiger partial charge on any atom is 0.335 e. The minimum atomic E-state index is -0.827. The molecule has 1 aliphatic rings. The van der Waals surface area contributed by atoms with Crippen LogP contribution in [-0.4, -0.2) is 23.8 Å². The Labute approximate surface area is 169 Å². The monoisotopic (exact) mass is 442 g/mol. The number of nitrogens with zero attached hydrogens (tertiary/aromatic N) is 1. The van der Waals surface area contributed by atoms with E-state index in [1.165, 1.54) is 19.1 Å². The normalized spacial score (nSPS) is 15.6. The van der Waals surface area contributed by atoms with Gasteiger partial charge in [-0.1, -0.05) is 28.1 Å². The Balaban J connectivity index is 2.07. The van der Waals surface area contributed by atoms with E-state index in [0.29, 0.717) is 15.7 Å². The molecule has 2 aromatic carbocycles. The standard InChI is InChI=1S/C20H15BrN2O5/c1-11-4-3-5-15(8-11)23-19(26)16(18(25)22-20(23)27)10-13-9-14(21)6-7-17(13)28-12(2)24/h3-10H,1-2H3,(H,22,25,27)/b16-10-. The summed E-state index contributed by atoms with van der Waals surface area (Å²) in [6.45, 7) is 3.07. The summed E-state index contributed by atoms with van der Waals surface area (Å²) in [4.78, 5) is 49.7. The van der Waals surface area contributed by atoms with Crippen molar-refractivity contribution in [3.8, 4) is 5.75 Å². The Morgan fingerprint density at radius 3 is 2.57 bits per heavy atom. The predicted octanol–water partition coefficient (Wildman–Crippen LogP) is 3.35. The maximum absolute atomic E-state index is 12.9. The molecular weight excluding hydrogens is 428 g/mol. The third-order valence-electron chi connectivity index (χ3n) is 3.89. The molecule has 8 heteroatoms. The third kappa shape index (κ3) is 4.01. The molecule has 1 saturated heterocycles. The number of rotatable bonds is 3. The number of barbiturate groups is 1. The summed E-state index contributed by atoms with van der Waals surface area (Å²) in [6.07, 6.45) is 1.29. The summed E-state index contributed by atoms with van der Waals surface area (Å²) in [5, 5.41) is 2.16. The molecule has 0 radical (unpaired) electrons. The van der Waals surface area contributed by atoms with E-state index in [4.69, 9.17) is 4.74 Å². The number of halogens is 1. The summed E-state index contributed by atoms with van der Waals surface area (Å²) in [6, 6.07) is 10.8. The fraction of sp³-hybridized carbons (Fsp3) is 0.100. The van der Waals surface area contributed by atoms with Gasteiger partial charge in [0.1, 0.15) is 11.3 Å². The van der Waals surface area contributed by atoms with Gasteiger partial charge in [-0.3, -0.25) is 19.7 Å². The van der Waals surface area contributed by atoms with E-state index in [1.807, 2.05) is 13.0 Å². The number of anilines is 1. The summed E-state index contributed by atoms with van der Waals surface area (Å²) in [5.74, 6) is -1.96. The number of amides is 4. The number of hydrogen-bond donors (Lipinski definition) is 1. The number of carbonyl (C=O) groups excluding carboxylic acids is 4. The molecule has 1 fully saturated rings. The molecule has 4 amide bonds. The van der Waals surface area contributed by atoms with Crippen LogP contribution in [0.2, 0.25) is 0 Å². The van der Waals surface area contributed by atoms with Crippen LogP contribution in [0.5, 0.6) is 5.75 Å². The van der Waals surface area contributed by atoms with Gasteiger partial charge >= 0.3 is 12.0 Å². The van der Waals surface area contributed by atoms with Crippen molar-refractivity contribution in [3.05, 3.63) is 63.6 Å². The Kier molecular flexibility index (Phi) is 5.41. The lowest BCUT2D eigenvalue weighted by atomic mass is 10.1. The molecule has 1 aliphatic heterocycles. The first-order valence-electron chi connectivity index (χ1n) is 8.22. The lowest BCUT2D eigenvalue weighted by molar-refractivity contribution is -0.132. The predicted molar refractivity (Wildman–Crippen MR) is 106 cm³/mol. The van der Waals surface area contributed by atoms with E-state index in [1.54, 1.807) is 30.3 Å². The Hall–Kier alpha value is -3.26. The fourth-order valence-electron chi connectivity index (χ4n) is 2.69. The minimum absolute atomic E-state index is 0.183. The zero-order valence-corrected chi connectivity index (χ0v) is 16.6. The van der Waals surface area contributed by atoms with Gasteiger partial charge in [0.25, 0.3) is 11.8 Å². The van der Waals surface area contributed by atoms with Crippen LogP contribution in [0.25, 0.3) is 6.08 Å². The molecule has 0 saturated carbocycles. The van der Waals surface area contributed by atoms with Crippen molar-refractivity contribution in [3.63, 3.8) is 0 Å². The summed E-state index contributed by atoms with van der Waals surface area (Å²) in [7, 11) is 0. The van der Waals surface area contributed by atoms with Crippen molar-refractivity contribution >= 4 is 51.5 Å². The Morgan fingerprint density at radius 1 is 1.14 bits per heavy atom. The molecule has 28 heavy (non-hydrogen) atoms. The SMILES string of the molecule is CC(=O)Oc1ccc(Br)cc1/C=C1/C(=O)NC(=O)N(c2cccc(C)c2)C1=O. The first-order chi connectivity index (χ1) is 13.3. The molecule has 2 aromatic rings. The van der Waals surface area contributed by atoms with Crippen LogP contribution in [0.15, 0.2) is 52.5 Å². The van der Waals surface area contributed by atoms with Gasteiger partial charge in [-0.25, -0.2) is 9.69 Å². The molecule has 0 unspecified atom stereocenters. The van der Waals surface area contributed by atoms with Crippen molar-refractivity contribution < 1.29 is 23.9 Å². The summed E-state index contributed by atoms with van der Waals surface area (Å²) < 4.78 is 5.79. The average molecular weight is 443 g/mol. The van der Waals surface area contributed by atoms with Crippen LogP contribution in [0.3, 0.4) is 0 Å². The van der Waals surface area contributed by atoms with Gasteiger partial charge in [-0.2, -0.15) is 0 Å². The van der Waals surface area contributed by atoms with Crippen molar-refractivity contribution in [1.82, 2.24) is 5.32 Å². The van der Waals surface area contributed by atoms with Gasteiger partial charge in [0.15, 0.2) is 0 Å². The molecule has 0 bridgehead atoms. The van der Waals surface area contributed by atoms with E-state index < -0.39 is 23.8 Å². The van der Waals surface area contributed by atoms with Gasteiger partial charge in [-0.15, -0.1) is 0 Å². The molecule has 0 aliphatic carbocycles. The highest BCUT2D eigenvalue weighted by Gasteiger charge is 2.37. The molecule has 1 heterocycles. The smallest absolute Gasteiger partial charge is 0.335 e. The third-order valence-corrected chi connectivity index (χ3v) is 4.38. The topological polar surface area (TPSA) is 92.8 Å². The number of urea groups is 1. The van der Waals surface area contributed by atoms with Gasteiger partial charge < -0.3 is 4.74 Å². The lowest BCUT2D eigenvalue weighted by Gasteiger charge is -2.26. The van der Waals surface area contributed by atoms with Crippen molar-refractivity contribution in [2.75, 3.05) is 4.90 Å². The maximum atomic E-state index is 12.9. The van der Waals surface area contributed by atoms with E-state index >= 15 is 0 Å². The van der Waals surface area contributed by atoms with Crippen LogP contribution >= 0.6 is 15.9 Å². The molecule has 1 N–H and O–H groups in total. The van der Waals surface area contributed by atoms with E-state index in [-0.39, 0.29) is 11.3 Å². The number of esters is 1. The molecular formula is C20H15BrN2O5. The van der Waals surface area contributed by atoms with E-state index in [2.05, 4.69) is 21.2 Å². The number of hydrogen-bond acceptors (Lipinski definition) is 5. The fourth-order valence-corrected chi connectivity index (χ4v) is 3.07. The molecule has 7 nitrogen and oxygen atoms in total. The van der Waals surface area contributed by atoms with Gasteiger partial charge in [0.05, 0.1) is 5.69 Å². The molecule has 0 atom stereocenters. The second kappa shape index (κ2) is 7.77. The van der Waals surface area contributed by atoms with Crippen molar-refractivity contribution in [2.24, 2.45) is 0 Å². The number of nitrogens with one attached hydrogen (secondary N) is 1. The highest BCUT2D eigenvalue weighted by Crippen LogP contribution is 2.28. The first kappa shape index (κ1) is 19.5. The number of benzene rings is 2. The summed E-state index contributed by atoms with van der Waals surface area (Å²) in [5.41, 5.74) is 1.27. The minimum Gasteiger partial charge on any atom is -0.426 e. The quantitative estimate of drug-likeness (QED) is 0.340. The second-order valence-electron chi connectivity index (χ2n) is 6.07. The van der Waals surface area contributed by atoms with Crippen LogP contribution in [0, 0.1) is 6.92 Å². The highest BCUT2D eigenvalue weighted by molar-refractivity contribution is 9.10. The second-order valence-corrected chi connectivity index (χ2v) is 6.99. The molecule has 3 rings (SSSR count). The van der Waals surface area contributed by atoms with Crippen LogP contribution in [0.1, 0.15) is 18.1 Å². The molecule has 0 spiro atoms. The van der Waals surface area contributed by atoms with Crippen LogP contribution in [-0.2, 0) is 14.4 Å². The lowest BCUT2D eigenvalue weighted by Crippen LogP contribution is -2.54. The van der Waals surface area contributed by atoms with Crippen molar-refractivity contribution in [1.29, 1.82) is 0 Å².